The molecule has 0 fully saturated rings. The van der Waals surface area contributed by atoms with Gasteiger partial charge in [-0.3, -0.25) is 14.2 Å². The van der Waals surface area contributed by atoms with E-state index in [0.717, 1.165) is 11.1 Å². The maximum Gasteiger partial charge on any atom is 0.326 e. The average molecular weight is 494 g/mol. The van der Waals surface area contributed by atoms with Gasteiger partial charge in [0.1, 0.15) is 13.2 Å². The molecule has 0 atom stereocenters. The molecule has 8 heteroatoms. The number of nitrogens with one attached hydrogen (secondary N) is 1. The maximum absolute atomic E-state index is 13.4. The van der Waals surface area contributed by atoms with Crippen LogP contribution in [0, 0.1) is 0 Å². The Morgan fingerprint density at radius 2 is 1.53 bits per heavy atom. The van der Waals surface area contributed by atoms with Gasteiger partial charge in [0.05, 0.1) is 5.69 Å². The minimum Gasteiger partial charge on any atom is -0.459 e. The molecule has 1 aromatic heterocycles. The van der Waals surface area contributed by atoms with Crippen molar-refractivity contribution >= 4 is 35.0 Å². The molecule has 0 bridgehead atoms. The molecule has 0 unspecified atom stereocenters. The topological polar surface area (TPSA) is 73.2 Å². The van der Waals surface area contributed by atoms with Gasteiger partial charge >= 0.3 is 5.97 Å². The smallest absolute Gasteiger partial charge is 0.326 e. The number of ether oxygens (including phenoxy) is 1. The largest absolute Gasteiger partial charge is 0.459 e. The number of hydrogen-bond donors (Lipinski definition) is 1. The second-order valence-electron chi connectivity index (χ2n) is 7.48. The van der Waals surface area contributed by atoms with E-state index in [1.165, 1.54) is 4.57 Å². The van der Waals surface area contributed by atoms with Crippen LogP contribution in [0.5, 0.6) is 0 Å². The van der Waals surface area contributed by atoms with Gasteiger partial charge in [0, 0.05) is 17.1 Å². The normalized spacial score (nSPS) is 10.6. The molecule has 34 heavy (non-hydrogen) atoms. The highest BCUT2D eigenvalue weighted by atomic mass is 35.5. The fourth-order valence-electron chi connectivity index (χ4n) is 3.38. The van der Waals surface area contributed by atoms with Crippen LogP contribution in [-0.2, 0) is 29.2 Å². The van der Waals surface area contributed by atoms with Crippen LogP contribution in [0.15, 0.2) is 89.7 Å². The standard InChI is InChI=1S/C26H21Cl2N3O3/c27-21-13-11-18(12-14-21)15-29-25-26(33)31(16-22(32)34-17-19-7-3-1-4-8-19)23(24(28)30-25)20-9-5-2-6-10-20/h1-14H,15-17H2,(H,29,30). The molecule has 0 radical (unpaired) electrons. The van der Waals surface area contributed by atoms with E-state index in [1.54, 1.807) is 24.3 Å². The minimum atomic E-state index is -0.561. The Bertz CT molecular complexity index is 1330. The molecule has 172 valence electrons. The molecule has 0 aliphatic carbocycles. The summed E-state index contributed by atoms with van der Waals surface area (Å²) in [4.78, 5) is 30.3. The number of halogens is 2. The fraction of sp³-hybridized carbons (Fsp3) is 0.115. The number of aromatic nitrogens is 2. The first kappa shape index (κ1) is 23.5. The second-order valence-corrected chi connectivity index (χ2v) is 8.28. The molecule has 6 nitrogen and oxygen atoms in total. The average Bonchev–Trinajstić information content (AvgIpc) is 2.86. The summed E-state index contributed by atoms with van der Waals surface area (Å²) in [5.41, 5.74) is 2.29. The predicted octanol–water partition coefficient (Wildman–Crippen LogP) is 5.57. The quantitative estimate of drug-likeness (QED) is 0.324. The minimum absolute atomic E-state index is 0.0375. The van der Waals surface area contributed by atoms with Crippen molar-refractivity contribution in [2.24, 2.45) is 0 Å². The maximum atomic E-state index is 13.4. The van der Waals surface area contributed by atoms with Gasteiger partial charge in [0.15, 0.2) is 11.0 Å². The zero-order valence-corrected chi connectivity index (χ0v) is 19.6. The summed E-state index contributed by atoms with van der Waals surface area (Å²) in [5, 5.41) is 3.73. The molecule has 0 aliphatic rings. The van der Waals surface area contributed by atoms with Crippen molar-refractivity contribution in [3.63, 3.8) is 0 Å². The van der Waals surface area contributed by atoms with Crippen LogP contribution in [0.1, 0.15) is 11.1 Å². The second kappa shape index (κ2) is 11.0. The number of carbonyl (C=O) groups is 1. The lowest BCUT2D eigenvalue weighted by Gasteiger charge is -2.16. The van der Waals surface area contributed by atoms with Gasteiger partial charge in [-0.25, -0.2) is 4.98 Å². The molecule has 3 aromatic carbocycles. The third kappa shape index (κ3) is 5.84. The number of nitrogens with zero attached hydrogens (tertiary/aromatic N) is 2. The van der Waals surface area contributed by atoms with Crippen LogP contribution in [-0.4, -0.2) is 15.5 Å². The van der Waals surface area contributed by atoms with Gasteiger partial charge < -0.3 is 10.1 Å². The van der Waals surface area contributed by atoms with Gasteiger partial charge in [0.2, 0.25) is 0 Å². The summed E-state index contributed by atoms with van der Waals surface area (Å²) in [6.07, 6.45) is 0. The van der Waals surface area contributed by atoms with E-state index in [0.29, 0.717) is 22.8 Å². The Morgan fingerprint density at radius 1 is 0.882 bits per heavy atom. The molecule has 1 heterocycles. The summed E-state index contributed by atoms with van der Waals surface area (Å²) < 4.78 is 6.70. The predicted molar refractivity (Wildman–Crippen MR) is 134 cm³/mol. The van der Waals surface area contributed by atoms with Crippen molar-refractivity contribution in [1.29, 1.82) is 0 Å². The molecular weight excluding hydrogens is 473 g/mol. The van der Waals surface area contributed by atoms with Crippen molar-refractivity contribution in [2.75, 3.05) is 5.32 Å². The Morgan fingerprint density at radius 3 is 2.21 bits per heavy atom. The van der Waals surface area contributed by atoms with E-state index in [1.807, 2.05) is 60.7 Å². The first-order chi connectivity index (χ1) is 16.5. The zero-order chi connectivity index (χ0) is 23.9. The van der Waals surface area contributed by atoms with E-state index in [4.69, 9.17) is 27.9 Å². The molecule has 0 saturated heterocycles. The van der Waals surface area contributed by atoms with Crippen molar-refractivity contribution < 1.29 is 9.53 Å². The van der Waals surface area contributed by atoms with Gasteiger partial charge in [0.25, 0.3) is 5.56 Å². The summed E-state index contributed by atoms with van der Waals surface area (Å²) in [5.74, 6) is -0.524. The highest BCUT2D eigenvalue weighted by Crippen LogP contribution is 2.26. The van der Waals surface area contributed by atoms with E-state index < -0.39 is 11.5 Å². The van der Waals surface area contributed by atoms with Crippen LogP contribution >= 0.6 is 23.2 Å². The molecule has 0 aliphatic heterocycles. The molecule has 1 N–H and O–H groups in total. The number of esters is 1. The lowest BCUT2D eigenvalue weighted by atomic mass is 10.1. The van der Waals surface area contributed by atoms with Crippen molar-refractivity contribution in [3.8, 4) is 11.3 Å². The third-order valence-corrected chi connectivity index (χ3v) is 5.59. The van der Waals surface area contributed by atoms with Crippen LogP contribution in [0.3, 0.4) is 0 Å². The SMILES string of the molecule is O=C(Cn1c(-c2ccccc2)c(Cl)nc(NCc2ccc(Cl)cc2)c1=O)OCc1ccccc1. The zero-order valence-electron chi connectivity index (χ0n) is 18.1. The molecular formula is C26H21Cl2N3O3. The number of carbonyl (C=O) groups excluding carboxylic acids is 1. The molecule has 0 spiro atoms. The first-order valence-corrected chi connectivity index (χ1v) is 11.3. The molecule has 4 aromatic rings. The summed E-state index contributed by atoms with van der Waals surface area (Å²) >= 11 is 12.5. The lowest BCUT2D eigenvalue weighted by molar-refractivity contribution is -0.145. The highest BCUT2D eigenvalue weighted by Gasteiger charge is 2.20. The van der Waals surface area contributed by atoms with Gasteiger partial charge in [-0.15, -0.1) is 0 Å². The number of anilines is 1. The Hall–Kier alpha value is -3.61. The van der Waals surface area contributed by atoms with Crippen LogP contribution in [0.2, 0.25) is 10.2 Å². The van der Waals surface area contributed by atoms with E-state index >= 15 is 0 Å². The van der Waals surface area contributed by atoms with Crippen molar-refractivity contribution in [2.45, 2.75) is 19.7 Å². The summed E-state index contributed by atoms with van der Waals surface area (Å²) in [6.45, 7) is 0.127. The molecule has 4 rings (SSSR count). The van der Waals surface area contributed by atoms with Crippen molar-refractivity contribution in [1.82, 2.24) is 9.55 Å². The summed E-state index contributed by atoms with van der Waals surface area (Å²) in [7, 11) is 0. The Kier molecular flexibility index (Phi) is 7.62. The lowest BCUT2D eigenvalue weighted by Crippen LogP contribution is -2.30. The van der Waals surface area contributed by atoms with E-state index in [-0.39, 0.29) is 24.1 Å². The highest BCUT2D eigenvalue weighted by molar-refractivity contribution is 6.32. The van der Waals surface area contributed by atoms with Crippen LogP contribution in [0.25, 0.3) is 11.3 Å². The van der Waals surface area contributed by atoms with Crippen molar-refractivity contribution in [3.05, 3.63) is 117 Å². The van der Waals surface area contributed by atoms with E-state index in [2.05, 4.69) is 10.3 Å². The first-order valence-electron chi connectivity index (χ1n) is 10.5. The number of benzene rings is 3. The van der Waals surface area contributed by atoms with E-state index in [9.17, 15) is 9.59 Å². The van der Waals surface area contributed by atoms with Gasteiger partial charge in [-0.05, 0) is 23.3 Å². The third-order valence-electron chi connectivity index (χ3n) is 5.07. The Balaban J connectivity index is 1.62. The van der Waals surface area contributed by atoms with Gasteiger partial charge in [-0.1, -0.05) is 96.0 Å². The van der Waals surface area contributed by atoms with Crippen LogP contribution in [0.4, 0.5) is 5.82 Å². The fourth-order valence-corrected chi connectivity index (χ4v) is 3.80. The monoisotopic (exact) mass is 493 g/mol. The molecule has 0 saturated carbocycles. The number of rotatable bonds is 8. The van der Waals surface area contributed by atoms with Gasteiger partial charge in [-0.2, -0.15) is 0 Å². The Labute approximate surface area is 206 Å². The number of hydrogen-bond acceptors (Lipinski definition) is 5. The molecule has 0 amide bonds. The summed E-state index contributed by atoms with van der Waals surface area (Å²) in [6, 6.07) is 25.6. The van der Waals surface area contributed by atoms with Crippen LogP contribution < -0.4 is 10.9 Å².